The van der Waals surface area contributed by atoms with Crippen molar-refractivity contribution in [3.8, 4) is 0 Å². The van der Waals surface area contributed by atoms with E-state index < -0.39 is 0 Å². The summed E-state index contributed by atoms with van der Waals surface area (Å²) in [6.07, 6.45) is 7.55. The fraction of sp³-hybridized carbons (Fsp3) is 0.727. The number of hydrogen-bond acceptors (Lipinski definition) is 4. The molecule has 0 fully saturated rings. The highest BCUT2D eigenvalue weighted by atomic mass is 16.5. The van der Waals surface area contributed by atoms with E-state index in [1.807, 2.05) is 6.08 Å². The highest BCUT2D eigenvalue weighted by Crippen LogP contribution is 2.08. The van der Waals surface area contributed by atoms with Crippen molar-refractivity contribution in [1.29, 1.82) is 0 Å². The predicted octanol–water partition coefficient (Wildman–Crippen LogP) is 1.22. The van der Waals surface area contributed by atoms with Crippen LogP contribution in [0.2, 0.25) is 0 Å². The first-order chi connectivity index (χ1) is 7.33. The molecule has 0 saturated heterocycles. The van der Waals surface area contributed by atoms with E-state index in [4.69, 9.17) is 4.74 Å². The molecule has 0 bridgehead atoms. The molecule has 4 heteroatoms. The van der Waals surface area contributed by atoms with Gasteiger partial charge in [-0.2, -0.15) is 0 Å². The Kier molecular flexibility index (Phi) is 5.85. The topological polar surface area (TPSA) is 47.6 Å². The molecule has 15 heavy (non-hydrogen) atoms. The van der Waals surface area contributed by atoms with E-state index in [1.165, 1.54) is 7.11 Å². The van der Waals surface area contributed by atoms with Gasteiger partial charge in [-0.3, -0.25) is 4.79 Å². The van der Waals surface area contributed by atoms with Crippen LogP contribution in [-0.4, -0.2) is 32.3 Å². The van der Waals surface area contributed by atoms with Gasteiger partial charge in [0.1, 0.15) is 6.10 Å². The standard InChI is InChI=1S/C11H19NO3/c1-14-11(13)6-4-7-12-9-10-5-2-3-8-15-10/h3,8,10,12H,2,4-7,9H2,1H3. The summed E-state index contributed by atoms with van der Waals surface area (Å²) in [6, 6.07) is 0. The third-order valence-electron chi connectivity index (χ3n) is 2.36. The molecule has 1 unspecified atom stereocenters. The Labute approximate surface area is 90.6 Å². The maximum absolute atomic E-state index is 10.8. The Bertz CT molecular complexity index is 216. The molecule has 1 heterocycles. The summed E-state index contributed by atoms with van der Waals surface area (Å²) in [5, 5.41) is 3.27. The highest BCUT2D eigenvalue weighted by molar-refractivity contribution is 5.69. The quantitative estimate of drug-likeness (QED) is 0.532. The Hall–Kier alpha value is -1.03. The lowest BCUT2D eigenvalue weighted by Crippen LogP contribution is -2.30. The zero-order valence-electron chi connectivity index (χ0n) is 9.20. The summed E-state index contributed by atoms with van der Waals surface area (Å²) in [5.74, 6) is -0.145. The molecule has 1 N–H and O–H groups in total. The Balaban J connectivity index is 1.92. The van der Waals surface area contributed by atoms with Crippen LogP contribution in [-0.2, 0) is 14.3 Å². The van der Waals surface area contributed by atoms with Crippen molar-refractivity contribution < 1.29 is 14.3 Å². The SMILES string of the molecule is COC(=O)CCCNCC1CCC=CO1. The largest absolute Gasteiger partial charge is 0.497 e. The second-order valence-corrected chi connectivity index (χ2v) is 3.59. The minimum atomic E-state index is -0.145. The van der Waals surface area contributed by atoms with Crippen molar-refractivity contribution in [3.05, 3.63) is 12.3 Å². The monoisotopic (exact) mass is 213 g/mol. The average molecular weight is 213 g/mol. The lowest BCUT2D eigenvalue weighted by Gasteiger charge is -2.19. The minimum absolute atomic E-state index is 0.145. The predicted molar refractivity (Wildman–Crippen MR) is 57.4 cm³/mol. The molecular formula is C11H19NO3. The summed E-state index contributed by atoms with van der Waals surface area (Å²) >= 11 is 0. The molecular weight excluding hydrogens is 194 g/mol. The van der Waals surface area contributed by atoms with Crippen molar-refractivity contribution in [2.75, 3.05) is 20.2 Å². The first-order valence-electron chi connectivity index (χ1n) is 5.41. The maximum atomic E-state index is 10.8. The molecule has 1 aliphatic heterocycles. The second-order valence-electron chi connectivity index (χ2n) is 3.59. The lowest BCUT2D eigenvalue weighted by atomic mass is 10.1. The van der Waals surface area contributed by atoms with Gasteiger partial charge >= 0.3 is 5.97 Å². The van der Waals surface area contributed by atoms with Crippen molar-refractivity contribution in [3.63, 3.8) is 0 Å². The zero-order valence-corrected chi connectivity index (χ0v) is 9.20. The van der Waals surface area contributed by atoms with Crippen LogP contribution in [0, 0.1) is 0 Å². The Morgan fingerprint density at radius 2 is 2.53 bits per heavy atom. The molecule has 1 atom stereocenters. The molecule has 0 aromatic rings. The molecule has 0 spiro atoms. The van der Waals surface area contributed by atoms with Gasteiger partial charge in [-0.1, -0.05) is 0 Å². The number of allylic oxidation sites excluding steroid dienone is 1. The van der Waals surface area contributed by atoms with Gasteiger partial charge in [-0.05, 0) is 31.9 Å². The number of nitrogens with one attached hydrogen (secondary N) is 1. The molecule has 4 nitrogen and oxygen atoms in total. The summed E-state index contributed by atoms with van der Waals surface area (Å²) in [7, 11) is 1.41. The Morgan fingerprint density at radius 3 is 3.20 bits per heavy atom. The van der Waals surface area contributed by atoms with E-state index in [0.717, 1.165) is 32.4 Å². The van der Waals surface area contributed by atoms with Crippen LogP contribution in [0.4, 0.5) is 0 Å². The number of carbonyl (C=O) groups excluding carboxylic acids is 1. The summed E-state index contributed by atoms with van der Waals surface area (Å²) in [5.41, 5.74) is 0. The van der Waals surface area contributed by atoms with Gasteiger partial charge in [-0.15, -0.1) is 0 Å². The number of hydrogen-bond donors (Lipinski definition) is 1. The van der Waals surface area contributed by atoms with Gasteiger partial charge in [0.05, 0.1) is 13.4 Å². The van der Waals surface area contributed by atoms with Gasteiger partial charge in [0.2, 0.25) is 0 Å². The lowest BCUT2D eigenvalue weighted by molar-refractivity contribution is -0.140. The van der Waals surface area contributed by atoms with E-state index in [9.17, 15) is 4.79 Å². The molecule has 0 saturated carbocycles. The smallest absolute Gasteiger partial charge is 0.305 e. The zero-order chi connectivity index (χ0) is 10.9. The molecule has 0 aromatic heterocycles. The van der Waals surface area contributed by atoms with Crippen molar-refractivity contribution >= 4 is 5.97 Å². The molecule has 0 radical (unpaired) electrons. The molecule has 1 rings (SSSR count). The van der Waals surface area contributed by atoms with Gasteiger partial charge in [-0.25, -0.2) is 0 Å². The van der Waals surface area contributed by atoms with Gasteiger partial charge < -0.3 is 14.8 Å². The number of ether oxygens (including phenoxy) is 2. The van der Waals surface area contributed by atoms with E-state index in [1.54, 1.807) is 6.26 Å². The molecule has 1 aliphatic rings. The number of esters is 1. The van der Waals surface area contributed by atoms with Crippen LogP contribution < -0.4 is 5.32 Å². The minimum Gasteiger partial charge on any atom is -0.497 e. The van der Waals surface area contributed by atoms with Crippen LogP contribution >= 0.6 is 0 Å². The molecule has 0 aliphatic carbocycles. The van der Waals surface area contributed by atoms with Crippen molar-refractivity contribution in [2.45, 2.75) is 31.8 Å². The van der Waals surface area contributed by atoms with Crippen LogP contribution in [0.25, 0.3) is 0 Å². The van der Waals surface area contributed by atoms with Crippen LogP contribution in [0.15, 0.2) is 12.3 Å². The third-order valence-corrected chi connectivity index (χ3v) is 2.36. The van der Waals surface area contributed by atoms with Gasteiger partial charge in [0, 0.05) is 13.0 Å². The third kappa shape index (κ3) is 5.42. The van der Waals surface area contributed by atoms with Crippen molar-refractivity contribution in [2.24, 2.45) is 0 Å². The molecule has 0 amide bonds. The van der Waals surface area contributed by atoms with E-state index in [-0.39, 0.29) is 12.1 Å². The molecule has 0 aromatic carbocycles. The number of rotatable bonds is 6. The highest BCUT2D eigenvalue weighted by Gasteiger charge is 2.09. The first-order valence-corrected chi connectivity index (χ1v) is 5.41. The van der Waals surface area contributed by atoms with E-state index >= 15 is 0 Å². The van der Waals surface area contributed by atoms with E-state index in [2.05, 4.69) is 10.1 Å². The fourth-order valence-corrected chi connectivity index (χ4v) is 1.46. The summed E-state index contributed by atoms with van der Waals surface area (Å²) < 4.78 is 9.94. The number of methoxy groups -OCH3 is 1. The van der Waals surface area contributed by atoms with E-state index in [0.29, 0.717) is 6.42 Å². The Morgan fingerprint density at radius 1 is 1.67 bits per heavy atom. The summed E-state index contributed by atoms with van der Waals surface area (Å²) in [6.45, 7) is 1.68. The second kappa shape index (κ2) is 7.29. The van der Waals surface area contributed by atoms with Crippen molar-refractivity contribution in [1.82, 2.24) is 5.32 Å². The van der Waals surface area contributed by atoms with Gasteiger partial charge in [0.25, 0.3) is 0 Å². The molecule has 86 valence electrons. The average Bonchev–Trinajstić information content (AvgIpc) is 2.29. The first kappa shape index (κ1) is 12.0. The normalized spacial score (nSPS) is 19.7. The van der Waals surface area contributed by atoms with Crippen LogP contribution in [0.5, 0.6) is 0 Å². The summed E-state index contributed by atoms with van der Waals surface area (Å²) in [4.78, 5) is 10.8. The van der Waals surface area contributed by atoms with Gasteiger partial charge in [0.15, 0.2) is 0 Å². The van der Waals surface area contributed by atoms with Crippen LogP contribution in [0.3, 0.4) is 0 Å². The van der Waals surface area contributed by atoms with Crippen LogP contribution in [0.1, 0.15) is 25.7 Å². The number of carbonyl (C=O) groups is 1. The fourth-order valence-electron chi connectivity index (χ4n) is 1.46. The maximum Gasteiger partial charge on any atom is 0.305 e.